The van der Waals surface area contributed by atoms with Gasteiger partial charge >= 0.3 is 0 Å². The Bertz CT molecular complexity index is 452. The SMILES string of the molecule is C#CCN1CCC[C@H]1C(=O)NCCc1ccccn1. The van der Waals surface area contributed by atoms with Crippen LogP contribution in [0.4, 0.5) is 0 Å². The summed E-state index contributed by atoms with van der Waals surface area (Å²) in [5.74, 6) is 2.70. The molecule has 1 aliphatic heterocycles. The third-order valence-electron chi connectivity index (χ3n) is 3.37. The zero-order chi connectivity index (χ0) is 13.5. The van der Waals surface area contributed by atoms with E-state index in [1.165, 1.54) is 0 Å². The van der Waals surface area contributed by atoms with Crippen LogP contribution in [0.1, 0.15) is 18.5 Å². The number of amides is 1. The number of pyridine rings is 1. The number of carbonyl (C=O) groups is 1. The van der Waals surface area contributed by atoms with E-state index in [0.717, 1.165) is 31.5 Å². The Labute approximate surface area is 114 Å². The van der Waals surface area contributed by atoms with Crippen molar-refractivity contribution in [3.63, 3.8) is 0 Å². The quantitative estimate of drug-likeness (QED) is 0.795. The first-order valence-corrected chi connectivity index (χ1v) is 6.66. The summed E-state index contributed by atoms with van der Waals surface area (Å²) in [4.78, 5) is 18.4. The van der Waals surface area contributed by atoms with Crippen LogP contribution in [-0.2, 0) is 11.2 Å². The highest BCUT2D eigenvalue weighted by atomic mass is 16.2. The molecule has 19 heavy (non-hydrogen) atoms. The molecule has 1 fully saturated rings. The molecule has 1 aromatic heterocycles. The van der Waals surface area contributed by atoms with Gasteiger partial charge in [-0.05, 0) is 31.5 Å². The average Bonchev–Trinajstić information content (AvgIpc) is 2.89. The van der Waals surface area contributed by atoms with Crippen LogP contribution in [0, 0.1) is 12.3 Å². The van der Waals surface area contributed by atoms with Gasteiger partial charge in [-0.1, -0.05) is 12.0 Å². The van der Waals surface area contributed by atoms with Gasteiger partial charge in [-0.25, -0.2) is 0 Å². The summed E-state index contributed by atoms with van der Waals surface area (Å²) in [5, 5.41) is 2.97. The third kappa shape index (κ3) is 3.80. The largest absolute Gasteiger partial charge is 0.354 e. The minimum Gasteiger partial charge on any atom is -0.354 e. The van der Waals surface area contributed by atoms with Gasteiger partial charge in [-0.3, -0.25) is 14.7 Å². The maximum Gasteiger partial charge on any atom is 0.237 e. The molecule has 1 saturated heterocycles. The Hall–Kier alpha value is -1.86. The second-order valence-electron chi connectivity index (χ2n) is 4.69. The molecule has 0 unspecified atom stereocenters. The molecule has 0 aliphatic carbocycles. The normalized spacial score (nSPS) is 19.0. The summed E-state index contributed by atoms with van der Waals surface area (Å²) in [6.07, 6.45) is 9.78. The maximum atomic E-state index is 12.1. The average molecular weight is 257 g/mol. The molecule has 2 heterocycles. The zero-order valence-corrected chi connectivity index (χ0v) is 11.0. The van der Waals surface area contributed by atoms with Crippen molar-refractivity contribution < 1.29 is 4.79 Å². The minimum absolute atomic E-state index is 0.0558. The number of hydrogen-bond donors (Lipinski definition) is 1. The second kappa shape index (κ2) is 6.91. The summed E-state index contributed by atoms with van der Waals surface area (Å²) in [7, 11) is 0. The molecule has 4 nitrogen and oxygen atoms in total. The fraction of sp³-hybridized carbons (Fsp3) is 0.467. The van der Waals surface area contributed by atoms with Gasteiger partial charge in [0.25, 0.3) is 0 Å². The van der Waals surface area contributed by atoms with E-state index < -0.39 is 0 Å². The molecule has 1 atom stereocenters. The number of nitrogens with zero attached hydrogens (tertiary/aromatic N) is 2. The molecule has 1 aliphatic rings. The minimum atomic E-state index is -0.0558. The lowest BCUT2D eigenvalue weighted by molar-refractivity contribution is -0.125. The van der Waals surface area contributed by atoms with Crippen molar-refractivity contribution in [3.05, 3.63) is 30.1 Å². The number of hydrogen-bond acceptors (Lipinski definition) is 3. The van der Waals surface area contributed by atoms with Crippen LogP contribution in [0.15, 0.2) is 24.4 Å². The summed E-state index contributed by atoms with van der Waals surface area (Å²) in [6.45, 7) is 2.09. The molecule has 1 amide bonds. The van der Waals surface area contributed by atoms with Crippen molar-refractivity contribution in [2.75, 3.05) is 19.6 Å². The molecular formula is C15H19N3O. The lowest BCUT2D eigenvalue weighted by Crippen LogP contribution is -2.43. The number of carbonyl (C=O) groups excluding carboxylic acids is 1. The van der Waals surface area contributed by atoms with E-state index in [0.29, 0.717) is 13.1 Å². The Morgan fingerprint density at radius 3 is 3.21 bits per heavy atom. The topological polar surface area (TPSA) is 45.2 Å². The van der Waals surface area contributed by atoms with Crippen LogP contribution in [0.25, 0.3) is 0 Å². The highest BCUT2D eigenvalue weighted by molar-refractivity contribution is 5.82. The van der Waals surface area contributed by atoms with Gasteiger partial charge in [0, 0.05) is 24.9 Å². The van der Waals surface area contributed by atoms with Crippen LogP contribution >= 0.6 is 0 Å². The van der Waals surface area contributed by atoms with Crippen molar-refractivity contribution in [3.8, 4) is 12.3 Å². The summed E-state index contributed by atoms with van der Waals surface area (Å²) < 4.78 is 0. The predicted octanol–water partition coefficient (Wildman–Crippen LogP) is 0.838. The van der Waals surface area contributed by atoms with E-state index in [1.54, 1.807) is 6.20 Å². The Kier molecular flexibility index (Phi) is 4.93. The van der Waals surface area contributed by atoms with Crippen molar-refractivity contribution in [1.29, 1.82) is 0 Å². The van der Waals surface area contributed by atoms with Gasteiger partial charge in [-0.2, -0.15) is 0 Å². The van der Waals surface area contributed by atoms with E-state index >= 15 is 0 Å². The van der Waals surface area contributed by atoms with Crippen molar-refractivity contribution in [2.45, 2.75) is 25.3 Å². The van der Waals surface area contributed by atoms with Crippen LogP contribution < -0.4 is 5.32 Å². The molecule has 2 rings (SSSR count). The highest BCUT2D eigenvalue weighted by Gasteiger charge is 2.29. The fourth-order valence-electron chi connectivity index (χ4n) is 2.41. The smallest absolute Gasteiger partial charge is 0.237 e. The molecule has 0 aromatic carbocycles. The summed E-state index contributed by atoms with van der Waals surface area (Å²) >= 11 is 0. The summed E-state index contributed by atoms with van der Waals surface area (Å²) in [6, 6.07) is 5.75. The van der Waals surface area contributed by atoms with E-state index in [9.17, 15) is 4.79 Å². The van der Waals surface area contributed by atoms with Gasteiger partial charge in [0.15, 0.2) is 0 Å². The second-order valence-corrected chi connectivity index (χ2v) is 4.69. The first-order valence-electron chi connectivity index (χ1n) is 6.66. The Balaban J connectivity index is 1.77. The molecule has 0 radical (unpaired) electrons. The fourth-order valence-corrected chi connectivity index (χ4v) is 2.41. The van der Waals surface area contributed by atoms with Gasteiger partial charge in [-0.15, -0.1) is 6.42 Å². The molecule has 1 N–H and O–H groups in total. The maximum absolute atomic E-state index is 12.1. The van der Waals surface area contributed by atoms with Gasteiger partial charge in [0.1, 0.15) is 0 Å². The molecule has 0 spiro atoms. The highest BCUT2D eigenvalue weighted by Crippen LogP contribution is 2.16. The monoisotopic (exact) mass is 257 g/mol. The van der Waals surface area contributed by atoms with Crippen LogP contribution in [-0.4, -0.2) is 41.5 Å². The molecular weight excluding hydrogens is 238 g/mol. The first kappa shape index (κ1) is 13.6. The van der Waals surface area contributed by atoms with Crippen molar-refractivity contribution >= 4 is 5.91 Å². The van der Waals surface area contributed by atoms with Gasteiger partial charge in [0.05, 0.1) is 12.6 Å². The standard InChI is InChI=1S/C15H19N3O/c1-2-11-18-12-5-7-14(18)15(19)17-10-8-13-6-3-4-9-16-13/h1,3-4,6,9,14H,5,7-8,10-12H2,(H,17,19)/t14-/m0/s1. The predicted molar refractivity (Wildman–Crippen MR) is 74.4 cm³/mol. The van der Waals surface area contributed by atoms with Crippen molar-refractivity contribution in [2.24, 2.45) is 0 Å². The molecule has 100 valence electrons. The zero-order valence-electron chi connectivity index (χ0n) is 11.0. The van der Waals surface area contributed by atoms with Crippen LogP contribution in [0.2, 0.25) is 0 Å². The molecule has 0 saturated carbocycles. The molecule has 1 aromatic rings. The Morgan fingerprint density at radius 1 is 1.58 bits per heavy atom. The number of terminal acetylenes is 1. The van der Waals surface area contributed by atoms with E-state index in [1.807, 2.05) is 18.2 Å². The van der Waals surface area contributed by atoms with Crippen molar-refractivity contribution in [1.82, 2.24) is 15.2 Å². The van der Waals surface area contributed by atoms with Crippen LogP contribution in [0.5, 0.6) is 0 Å². The number of aromatic nitrogens is 1. The van der Waals surface area contributed by atoms with E-state index in [2.05, 4.69) is 21.1 Å². The Morgan fingerprint density at radius 2 is 2.47 bits per heavy atom. The van der Waals surface area contributed by atoms with Crippen LogP contribution in [0.3, 0.4) is 0 Å². The van der Waals surface area contributed by atoms with E-state index in [4.69, 9.17) is 6.42 Å². The number of likely N-dealkylation sites (tertiary alicyclic amines) is 1. The number of nitrogens with one attached hydrogen (secondary N) is 1. The number of rotatable bonds is 5. The third-order valence-corrected chi connectivity index (χ3v) is 3.37. The first-order chi connectivity index (χ1) is 9.31. The van der Waals surface area contributed by atoms with Gasteiger partial charge in [0.2, 0.25) is 5.91 Å². The lowest BCUT2D eigenvalue weighted by atomic mass is 10.2. The summed E-state index contributed by atoms with van der Waals surface area (Å²) in [5.41, 5.74) is 0.995. The molecule has 4 heteroatoms. The van der Waals surface area contributed by atoms with Gasteiger partial charge < -0.3 is 5.32 Å². The molecule has 0 bridgehead atoms. The van der Waals surface area contributed by atoms with E-state index in [-0.39, 0.29) is 11.9 Å². The lowest BCUT2D eigenvalue weighted by Gasteiger charge is -2.21.